The number of hydrogen-bond donors (Lipinski definition) is 2. The van der Waals surface area contributed by atoms with Crippen molar-refractivity contribution in [2.45, 2.75) is 38.5 Å². The molecule has 0 fully saturated rings. The van der Waals surface area contributed by atoms with Gasteiger partial charge in [0.25, 0.3) is 0 Å². The van der Waals surface area contributed by atoms with E-state index < -0.39 is 0 Å². The number of fused-ring (bicyclic) bond motifs is 1. The third-order valence-corrected chi connectivity index (χ3v) is 5.66. The summed E-state index contributed by atoms with van der Waals surface area (Å²) in [5, 5.41) is 16.2. The zero-order valence-electron chi connectivity index (χ0n) is 13.8. The van der Waals surface area contributed by atoms with E-state index in [-0.39, 0.29) is 11.0 Å². The van der Waals surface area contributed by atoms with E-state index in [2.05, 4.69) is 16.7 Å². The summed E-state index contributed by atoms with van der Waals surface area (Å²) in [4.78, 5) is 13.3. The normalized spacial score (nSPS) is 12.8. The highest BCUT2D eigenvalue weighted by atomic mass is 32.1. The molecule has 1 heterocycles. The molecule has 1 amide bonds. The summed E-state index contributed by atoms with van der Waals surface area (Å²) in [5.41, 5.74) is 2.95. The molecule has 0 saturated carbocycles. The Labute approximate surface area is 156 Å². The summed E-state index contributed by atoms with van der Waals surface area (Å²) in [7, 11) is 0. The molecule has 25 heavy (non-hydrogen) atoms. The Morgan fingerprint density at radius 1 is 1.24 bits per heavy atom. The van der Waals surface area contributed by atoms with Gasteiger partial charge in [-0.2, -0.15) is 5.26 Å². The van der Waals surface area contributed by atoms with Gasteiger partial charge in [0.15, 0.2) is 5.11 Å². The van der Waals surface area contributed by atoms with Crippen molar-refractivity contribution in [2.24, 2.45) is 0 Å². The monoisotopic (exact) mass is 369 g/mol. The number of amides is 1. The molecule has 0 spiro atoms. The van der Waals surface area contributed by atoms with Crippen molar-refractivity contribution < 1.29 is 4.79 Å². The molecule has 1 aromatic heterocycles. The van der Waals surface area contributed by atoms with E-state index in [4.69, 9.17) is 12.2 Å². The van der Waals surface area contributed by atoms with Gasteiger partial charge in [0.1, 0.15) is 11.1 Å². The second kappa shape index (κ2) is 8.24. The van der Waals surface area contributed by atoms with E-state index in [1.165, 1.54) is 11.3 Å². The summed E-state index contributed by atoms with van der Waals surface area (Å²) in [5.74, 6) is -0.124. The van der Waals surface area contributed by atoms with Crippen molar-refractivity contribution in [1.29, 1.82) is 5.26 Å². The highest BCUT2D eigenvalue weighted by molar-refractivity contribution is 7.80. The van der Waals surface area contributed by atoms with Gasteiger partial charge in [0.2, 0.25) is 5.91 Å². The number of nitriles is 1. The molecule has 0 unspecified atom stereocenters. The Bertz CT molecular complexity index is 821. The Kier molecular flexibility index (Phi) is 5.79. The van der Waals surface area contributed by atoms with E-state index in [9.17, 15) is 10.1 Å². The van der Waals surface area contributed by atoms with E-state index in [1.807, 2.05) is 30.3 Å². The standard InChI is InChI=1S/C19H19N3OS2/c20-12-15-14-8-4-5-9-16(14)25-18(15)22-19(24)21-17(23)11-10-13-6-2-1-3-7-13/h1-3,6-7H,4-5,8-11H2,(H2,21,22,23,24). The summed E-state index contributed by atoms with van der Waals surface area (Å²) in [6, 6.07) is 12.2. The number of carbonyl (C=O) groups is 1. The molecule has 128 valence electrons. The van der Waals surface area contributed by atoms with Crippen LogP contribution in [0.4, 0.5) is 5.00 Å². The van der Waals surface area contributed by atoms with E-state index in [0.29, 0.717) is 18.4 Å². The molecule has 3 rings (SSSR count). The van der Waals surface area contributed by atoms with Gasteiger partial charge < -0.3 is 10.6 Å². The molecule has 2 aromatic rings. The molecular formula is C19H19N3OS2. The first-order valence-electron chi connectivity index (χ1n) is 8.37. The van der Waals surface area contributed by atoms with Gasteiger partial charge in [-0.3, -0.25) is 4.79 Å². The zero-order valence-corrected chi connectivity index (χ0v) is 15.4. The van der Waals surface area contributed by atoms with Crippen LogP contribution >= 0.6 is 23.6 Å². The van der Waals surface area contributed by atoms with Crippen LogP contribution in [0.3, 0.4) is 0 Å². The molecule has 2 N–H and O–H groups in total. The smallest absolute Gasteiger partial charge is 0.226 e. The average Bonchev–Trinajstić information content (AvgIpc) is 2.97. The van der Waals surface area contributed by atoms with Crippen LogP contribution in [0.15, 0.2) is 30.3 Å². The Balaban J connectivity index is 1.57. The molecule has 1 aliphatic rings. The molecule has 0 radical (unpaired) electrons. The number of anilines is 1. The lowest BCUT2D eigenvalue weighted by atomic mass is 9.96. The molecule has 0 aliphatic heterocycles. The maximum Gasteiger partial charge on any atom is 0.226 e. The number of rotatable bonds is 4. The van der Waals surface area contributed by atoms with Crippen molar-refractivity contribution >= 4 is 39.6 Å². The van der Waals surface area contributed by atoms with Crippen molar-refractivity contribution in [3.05, 3.63) is 51.9 Å². The van der Waals surface area contributed by atoms with Crippen LogP contribution in [0.2, 0.25) is 0 Å². The number of nitrogens with one attached hydrogen (secondary N) is 2. The summed E-state index contributed by atoms with van der Waals surface area (Å²) >= 11 is 6.83. The third-order valence-electron chi connectivity index (χ3n) is 4.25. The predicted molar refractivity (Wildman–Crippen MR) is 105 cm³/mol. The van der Waals surface area contributed by atoms with Crippen LogP contribution in [-0.4, -0.2) is 11.0 Å². The average molecular weight is 370 g/mol. The first-order valence-corrected chi connectivity index (χ1v) is 9.59. The van der Waals surface area contributed by atoms with Crippen molar-refractivity contribution in [3.8, 4) is 6.07 Å². The Morgan fingerprint density at radius 3 is 2.76 bits per heavy atom. The lowest BCUT2D eigenvalue weighted by Gasteiger charge is -2.10. The fourth-order valence-corrected chi connectivity index (χ4v) is 4.52. The van der Waals surface area contributed by atoms with Crippen molar-refractivity contribution in [1.82, 2.24) is 5.32 Å². The van der Waals surface area contributed by atoms with Gasteiger partial charge >= 0.3 is 0 Å². The van der Waals surface area contributed by atoms with Gasteiger partial charge in [-0.15, -0.1) is 11.3 Å². The van der Waals surface area contributed by atoms with Gasteiger partial charge in [-0.05, 0) is 55.4 Å². The van der Waals surface area contributed by atoms with Gasteiger partial charge in [0, 0.05) is 11.3 Å². The molecule has 0 saturated heterocycles. The minimum atomic E-state index is -0.124. The summed E-state index contributed by atoms with van der Waals surface area (Å²) in [6.45, 7) is 0. The number of carbonyl (C=O) groups excluding carboxylic acids is 1. The minimum Gasteiger partial charge on any atom is -0.323 e. The first-order chi connectivity index (χ1) is 12.2. The topological polar surface area (TPSA) is 64.9 Å². The van der Waals surface area contributed by atoms with Crippen LogP contribution in [0.5, 0.6) is 0 Å². The number of thiocarbonyl (C=S) groups is 1. The zero-order chi connectivity index (χ0) is 17.6. The van der Waals surface area contributed by atoms with E-state index >= 15 is 0 Å². The number of nitrogens with zero attached hydrogens (tertiary/aromatic N) is 1. The maximum atomic E-state index is 12.1. The van der Waals surface area contributed by atoms with Gasteiger partial charge in [0.05, 0.1) is 5.56 Å². The third kappa shape index (κ3) is 4.44. The van der Waals surface area contributed by atoms with E-state index in [0.717, 1.165) is 35.4 Å². The second-order valence-electron chi connectivity index (χ2n) is 6.01. The SMILES string of the molecule is N#Cc1c(NC(=S)NC(=O)CCc2ccccc2)sc2c1CCCC2. The quantitative estimate of drug-likeness (QED) is 0.801. The fraction of sp³-hybridized carbons (Fsp3) is 0.316. The predicted octanol–water partition coefficient (Wildman–Crippen LogP) is 3.94. The molecule has 1 aliphatic carbocycles. The second-order valence-corrected chi connectivity index (χ2v) is 7.53. The fourth-order valence-electron chi connectivity index (χ4n) is 3.00. The van der Waals surface area contributed by atoms with Crippen LogP contribution in [0.1, 0.15) is 40.8 Å². The summed E-state index contributed by atoms with van der Waals surface area (Å²) in [6.07, 6.45) is 5.31. The van der Waals surface area contributed by atoms with Crippen LogP contribution < -0.4 is 10.6 Å². The number of hydrogen-bond acceptors (Lipinski definition) is 4. The Hall–Kier alpha value is -2.23. The van der Waals surface area contributed by atoms with Gasteiger partial charge in [-0.25, -0.2) is 0 Å². The number of aryl methyl sites for hydroxylation is 2. The number of benzene rings is 1. The molecule has 4 nitrogen and oxygen atoms in total. The first kappa shape index (κ1) is 17.6. The summed E-state index contributed by atoms with van der Waals surface area (Å²) < 4.78 is 0. The Morgan fingerprint density at radius 2 is 2.00 bits per heavy atom. The molecule has 0 bridgehead atoms. The number of thiophene rings is 1. The lowest BCUT2D eigenvalue weighted by Crippen LogP contribution is -2.34. The molecule has 6 heteroatoms. The largest absolute Gasteiger partial charge is 0.323 e. The van der Waals surface area contributed by atoms with Crippen LogP contribution in [0, 0.1) is 11.3 Å². The molecule has 0 atom stereocenters. The highest BCUT2D eigenvalue weighted by Crippen LogP contribution is 2.37. The highest BCUT2D eigenvalue weighted by Gasteiger charge is 2.21. The minimum absolute atomic E-state index is 0.124. The van der Waals surface area contributed by atoms with Crippen molar-refractivity contribution in [3.63, 3.8) is 0 Å². The molecular weight excluding hydrogens is 350 g/mol. The molecule has 1 aromatic carbocycles. The van der Waals surface area contributed by atoms with E-state index in [1.54, 1.807) is 11.3 Å². The van der Waals surface area contributed by atoms with Crippen molar-refractivity contribution in [2.75, 3.05) is 5.32 Å². The lowest BCUT2D eigenvalue weighted by molar-refractivity contribution is -0.119. The maximum absolute atomic E-state index is 12.1. The van der Waals surface area contributed by atoms with Crippen LogP contribution in [-0.2, 0) is 24.1 Å². The van der Waals surface area contributed by atoms with Crippen LogP contribution in [0.25, 0.3) is 0 Å². The van der Waals surface area contributed by atoms with Gasteiger partial charge in [-0.1, -0.05) is 30.3 Å².